The molecule has 1 fully saturated rings. The summed E-state index contributed by atoms with van der Waals surface area (Å²) in [7, 11) is 1.68. The Morgan fingerprint density at radius 1 is 1.44 bits per heavy atom. The molecule has 0 aliphatic heterocycles. The second kappa shape index (κ2) is 6.26. The maximum absolute atomic E-state index is 5.77. The molecule has 2 unspecified atom stereocenters. The third-order valence-electron chi connectivity index (χ3n) is 3.22. The first kappa shape index (κ1) is 12.7. The number of amidine groups is 1. The van der Waals surface area contributed by atoms with E-state index < -0.39 is 0 Å². The van der Waals surface area contributed by atoms with Crippen molar-refractivity contribution < 1.29 is 0 Å². The molecule has 0 aromatic carbocycles. The zero-order valence-corrected chi connectivity index (χ0v) is 10.2. The number of rotatable bonds is 4. The van der Waals surface area contributed by atoms with Crippen LogP contribution in [-0.2, 0) is 0 Å². The molecule has 0 saturated heterocycles. The van der Waals surface area contributed by atoms with E-state index in [1.54, 1.807) is 13.2 Å². The van der Waals surface area contributed by atoms with Crippen LogP contribution in [0.25, 0.3) is 0 Å². The number of allylic oxidation sites excluding steroid dienone is 1. The number of nitrogens with zero attached hydrogens (tertiary/aromatic N) is 2. The molecule has 0 spiro atoms. The number of aliphatic imine (C=N–C) groups is 2. The van der Waals surface area contributed by atoms with Gasteiger partial charge < -0.3 is 5.73 Å². The largest absolute Gasteiger partial charge is 0.383 e. The Morgan fingerprint density at radius 2 is 2.19 bits per heavy atom. The fourth-order valence-corrected chi connectivity index (χ4v) is 2.11. The van der Waals surface area contributed by atoms with Crippen LogP contribution in [0.2, 0.25) is 0 Å². The fraction of sp³-hybridized carbons (Fsp3) is 0.538. The first-order chi connectivity index (χ1) is 7.69. The molecule has 0 aromatic rings. The molecule has 3 heteroatoms. The van der Waals surface area contributed by atoms with Crippen molar-refractivity contribution in [3.8, 4) is 0 Å². The normalized spacial score (nSPS) is 27.6. The molecule has 2 N–H and O–H groups in total. The monoisotopic (exact) mass is 219 g/mol. The Bertz CT molecular complexity index is 326. The first-order valence-corrected chi connectivity index (χ1v) is 5.76. The molecular formula is C13H21N3. The summed E-state index contributed by atoms with van der Waals surface area (Å²) < 4.78 is 0. The second-order valence-electron chi connectivity index (χ2n) is 4.31. The lowest BCUT2D eigenvalue weighted by Gasteiger charge is -2.09. The number of hydrogen-bond acceptors (Lipinski definition) is 2. The van der Waals surface area contributed by atoms with Crippen LogP contribution in [0.5, 0.6) is 0 Å². The highest BCUT2D eigenvalue weighted by Gasteiger charge is 2.20. The summed E-state index contributed by atoms with van der Waals surface area (Å²) in [5, 5.41) is 0. The summed E-state index contributed by atoms with van der Waals surface area (Å²) in [6.07, 6.45) is 9.82. The molecule has 2 atom stereocenters. The maximum Gasteiger partial charge on any atom is 0.126 e. The van der Waals surface area contributed by atoms with Crippen LogP contribution < -0.4 is 5.73 Å². The topological polar surface area (TPSA) is 50.7 Å². The van der Waals surface area contributed by atoms with Crippen molar-refractivity contribution >= 4 is 12.6 Å². The van der Waals surface area contributed by atoms with Gasteiger partial charge in [-0.2, -0.15) is 0 Å². The van der Waals surface area contributed by atoms with E-state index in [0.29, 0.717) is 11.8 Å². The molecule has 0 radical (unpaired) electrons. The zero-order chi connectivity index (χ0) is 12.0. The molecule has 0 bridgehead atoms. The predicted molar refractivity (Wildman–Crippen MR) is 70.8 cm³/mol. The lowest BCUT2D eigenvalue weighted by atomic mass is 9.97. The van der Waals surface area contributed by atoms with Crippen LogP contribution in [-0.4, -0.2) is 19.6 Å². The quantitative estimate of drug-likeness (QED) is 0.441. The van der Waals surface area contributed by atoms with Gasteiger partial charge in [0.15, 0.2) is 0 Å². The highest BCUT2D eigenvalue weighted by molar-refractivity contribution is 5.99. The Balaban J connectivity index is 2.72. The molecule has 0 aromatic heterocycles. The maximum atomic E-state index is 5.77. The van der Waals surface area contributed by atoms with Gasteiger partial charge in [0.25, 0.3) is 0 Å². The van der Waals surface area contributed by atoms with Crippen molar-refractivity contribution in [3.05, 3.63) is 23.9 Å². The molecule has 1 aliphatic carbocycles. The Labute approximate surface area is 97.9 Å². The van der Waals surface area contributed by atoms with Gasteiger partial charge in [0, 0.05) is 18.8 Å². The van der Waals surface area contributed by atoms with E-state index in [2.05, 4.69) is 29.7 Å². The Morgan fingerprint density at radius 3 is 2.69 bits per heavy atom. The third-order valence-corrected chi connectivity index (χ3v) is 3.22. The van der Waals surface area contributed by atoms with Crippen molar-refractivity contribution in [1.29, 1.82) is 0 Å². The average Bonchev–Trinajstić information content (AvgIpc) is 2.69. The van der Waals surface area contributed by atoms with Gasteiger partial charge in [-0.1, -0.05) is 31.9 Å². The van der Waals surface area contributed by atoms with E-state index >= 15 is 0 Å². The van der Waals surface area contributed by atoms with E-state index in [4.69, 9.17) is 5.73 Å². The number of hydrogen-bond donors (Lipinski definition) is 1. The van der Waals surface area contributed by atoms with Crippen LogP contribution in [0.4, 0.5) is 0 Å². The van der Waals surface area contributed by atoms with Crippen LogP contribution in [0.3, 0.4) is 0 Å². The molecule has 1 rings (SSSR count). The number of nitrogens with two attached hydrogens (primary N) is 1. The van der Waals surface area contributed by atoms with Gasteiger partial charge in [0.1, 0.15) is 5.84 Å². The highest BCUT2D eigenvalue weighted by Crippen LogP contribution is 2.32. The smallest absolute Gasteiger partial charge is 0.126 e. The minimum atomic E-state index is 0.509. The van der Waals surface area contributed by atoms with Crippen molar-refractivity contribution in [2.24, 2.45) is 27.6 Å². The first-order valence-electron chi connectivity index (χ1n) is 5.76. The van der Waals surface area contributed by atoms with Gasteiger partial charge in [0.2, 0.25) is 0 Å². The molecular weight excluding hydrogens is 198 g/mol. The van der Waals surface area contributed by atoms with Gasteiger partial charge in [-0.15, -0.1) is 0 Å². The van der Waals surface area contributed by atoms with Gasteiger partial charge in [-0.3, -0.25) is 9.98 Å². The Kier molecular flexibility index (Phi) is 4.96. The minimum absolute atomic E-state index is 0.509. The van der Waals surface area contributed by atoms with Crippen LogP contribution in [0, 0.1) is 11.8 Å². The third kappa shape index (κ3) is 3.33. The molecule has 1 aliphatic rings. The lowest BCUT2D eigenvalue weighted by Crippen LogP contribution is -2.13. The van der Waals surface area contributed by atoms with Gasteiger partial charge in [0.05, 0.1) is 0 Å². The van der Waals surface area contributed by atoms with Crippen LogP contribution >= 0.6 is 0 Å². The predicted octanol–water partition coefficient (Wildman–Crippen LogP) is 2.55. The molecule has 1 saturated carbocycles. The summed E-state index contributed by atoms with van der Waals surface area (Å²) in [5.74, 6) is 1.95. The van der Waals surface area contributed by atoms with E-state index in [9.17, 15) is 0 Å². The zero-order valence-electron chi connectivity index (χ0n) is 10.2. The van der Waals surface area contributed by atoms with Crippen molar-refractivity contribution in [3.63, 3.8) is 0 Å². The SMILES string of the molecule is C=N/C=C(/C=C\C1CCCC1C)C(N)=NC. The van der Waals surface area contributed by atoms with Gasteiger partial charge >= 0.3 is 0 Å². The molecule has 0 heterocycles. The highest BCUT2D eigenvalue weighted by atomic mass is 14.8. The fourth-order valence-electron chi connectivity index (χ4n) is 2.11. The van der Waals surface area contributed by atoms with Gasteiger partial charge in [-0.25, -0.2) is 0 Å². The van der Waals surface area contributed by atoms with Crippen LogP contribution in [0.15, 0.2) is 33.9 Å². The van der Waals surface area contributed by atoms with Crippen molar-refractivity contribution in [2.75, 3.05) is 7.05 Å². The summed E-state index contributed by atoms with van der Waals surface area (Å²) in [6, 6.07) is 0. The van der Waals surface area contributed by atoms with Crippen LogP contribution in [0.1, 0.15) is 26.2 Å². The minimum Gasteiger partial charge on any atom is -0.383 e. The molecule has 3 nitrogen and oxygen atoms in total. The lowest BCUT2D eigenvalue weighted by molar-refractivity contribution is 0.503. The molecule has 16 heavy (non-hydrogen) atoms. The summed E-state index contributed by atoms with van der Waals surface area (Å²) >= 11 is 0. The second-order valence-corrected chi connectivity index (χ2v) is 4.31. The van der Waals surface area contributed by atoms with E-state index in [1.807, 2.05) is 6.08 Å². The molecule has 88 valence electrons. The van der Waals surface area contributed by atoms with Gasteiger partial charge in [-0.05, 0) is 25.0 Å². The summed E-state index contributed by atoms with van der Waals surface area (Å²) in [4.78, 5) is 7.70. The van der Waals surface area contributed by atoms with Crippen molar-refractivity contribution in [1.82, 2.24) is 0 Å². The summed E-state index contributed by atoms with van der Waals surface area (Å²) in [5.41, 5.74) is 6.61. The van der Waals surface area contributed by atoms with E-state index in [1.165, 1.54) is 19.3 Å². The van der Waals surface area contributed by atoms with Crippen molar-refractivity contribution in [2.45, 2.75) is 26.2 Å². The summed E-state index contributed by atoms with van der Waals surface area (Å²) in [6.45, 7) is 5.74. The standard InChI is InChI=1S/C13H21N3/c1-10-5-4-6-11(10)7-8-12(9-15-2)13(14)16-3/h7-11H,2,4-6H2,1,3H3,(H2,14,16)/b8-7-,12-9-. The molecule has 0 amide bonds. The van der Waals surface area contributed by atoms with E-state index in [0.717, 1.165) is 11.5 Å². The average molecular weight is 219 g/mol. The Hall–Kier alpha value is -1.38. The van der Waals surface area contributed by atoms with E-state index in [-0.39, 0.29) is 0 Å².